The van der Waals surface area contributed by atoms with Gasteiger partial charge in [0.05, 0.1) is 19.5 Å². The number of hydrogen-bond donors (Lipinski definition) is 1. The molecule has 36 heavy (non-hydrogen) atoms. The zero-order chi connectivity index (χ0) is 25.8. The maximum atomic E-state index is 12.9. The molecule has 1 fully saturated rings. The molecule has 0 radical (unpaired) electrons. The van der Waals surface area contributed by atoms with Gasteiger partial charge in [-0.25, -0.2) is 0 Å². The molecule has 0 spiro atoms. The predicted molar refractivity (Wildman–Crippen MR) is 153 cm³/mol. The zero-order valence-corrected chi connectivity index (χ0v) is 24.6. The van der Waals surface area contributed by atoms with Crippen molar-refractivity contribution < 1.29 is 19.1 Å². The number of carbonyl (C=O) groups is 3. The van der Waals surface area contributed by atoms with Gasteiger partial charge in [-0.15, -0.1) is 0 Å². The number of amides is 3. The van der Waals surface area contributed by atoms with Gasteiger partial charge >= 0.3 is 0 Å². The molecule has 1 heterocycles. The molecule has 1 N–H and O–H groups in total. The number of carbonyl (C=O) groups excluding carboxylic acids is 3. The van der Waals surface area contributed by atoms with Crippen molar-refractivity contribution in [1.29, 1.82) is 0 Å². The van der Waals surface area contributed by atoms with Gasteiger partial charge in [0.25, 0.3) is 11.1 Å². The number of thioether (sulfide) groups is 1. The first-order chi connectivity index (χ1) is 17.2. The van der Waals surface area contributed by atoms with E-state index in [1.807, 2.05) is 18.2 Å². The van der Waals surface area contributed by atoms with Crippen LogP contribution in [0.15, 0.2) is 79.0 Å². The van der Waals surface area contributed by atoms with Gasteiger partial charge in [-0.1, -0.05) is 35.9 Å². The van der Waals surface area contributed by atoms with E-state index in [1.165, 1.54) is 0 Å². The Morgan fingerprint density at radius 3 is 2.33 bits per heavy atom. The molecule has 0 aromatic heterocycles. The molecule has 0 saturated carbocycles. The zero-order valence-electron chi connectivity index (χ0n) is 18.3. The van der Waals surface area contributed by atoms with Crippen LogP contribution in [0.4, 0.5) is 10.5 Å². The van der Waals surface area contributed by atoms with E-state index in [1.54, 1.807) is 48.5 Å². The van der Waals surface area contributed by atoms with Gasteiger partial charge in [0.2, 0.25) is 5.91 Å². The van der Waals surface area contributed by atoms with Gasteiger partial charge in [-0.2, -0.15) is 0 Å². The monoisotopic (exact) mass is 712 g/mol. The summed E-state index contributed by atoms with van der Waals surface area (Å²) in [5.74, 6) is -0.403. The molecule has 3 aromatic carbocycles. The molecular formula is C25H16Br3ClN2O4S. The molecule has 1 saturated heterocycles. The molecule has 1 aliphatic rings. The molecule has 3 amide bonds. The topological polar surface area (TPSA) is 75.7 Å². The smallest absolute Gasteiger partial charge is 0.294 e. The van der Waals surface area contributed by atoms with Gasteiger partial charge in [0, 0.05) is 9.50 Å². The third-order valence-electron chi connectivity index (χ3n) is 4.94. The fraction of sp³-hybridized carbons (Fsp3) is 0.0800. The Labute approximate surface area is 241 Å². The maximum absolute atomic E-state index is 12.9. The van der Waals surface area contributed by atoms with Crippen molar-refractivity contribution in [2.24, 2.45) is 0 Å². The van der Waals surface area contributed by atoms with E-state index >= 15 is 0 Å². The molecule has 184 valence electrons. The van der Waals surface area contributed by atoms with Gasteiger partial charge in [0.15, 0.2) is 0 Å². The quantitative estimate of drug-likeness (QED) is 0.252. The number of rotatable bonds is 7. The summed E-state index contributed by atoms with van der Waals surface area (Å²) in [6, 6.07) is 18.0. The highest BCUT2D eigenvalue weighted by atomic mass is 79.9. The van der Waals surface area contributed by atoms with Crippen molar-refractivity contribution in [2.75, 3.05) is 11.9 Å². The van der Waals surface area contributed by atoms with E-state index in [9.17, 15) is 14.4 Å². The highest BCUT2D eigenvalue weighted by molar-refractivity contribution is 9.11. The van der Waals surface area contributed by atoms with Crippen molar-refractivity contribution in [2.45, 2.75) is 6.61 Å². The number of halogens is 4. The second kappa shape index (κ2) is 12.0. The van der Waals surface area contributed by atoms with E-state index in [0.29, 0.717) is 42.0 Å². The van der Waals surface area contributed by atoms with Gasteiger partial charge in [-0.05, 0) is 113 Å². The van der Waals surface area contributed by atoms with E-state index in [4.69, 9.17) is 16.3 Å². The maximum Gasteiger partial charge on any atom is 0.294 e. The van der Waals surface area contributed by atoms with E-state index in [-0.39, 0.29) is 11.4 Å². The summed E-state index contributed by atoms with van der Waals surface area (Å²) in [6.07, 6.45) is 1.61. The molecule has 0 unspecified atom stereocenters. The third kappa shape index (κ3) is 6.60. The van der Waals surface area contributed by atoms with Crippen LogP contribution < -0.4 is 10.1 Å². The molecular weight excluding hydrogens is 700 g/mol. The molecule has 0 bridgehead atoms. The SMILES string of the molecule is O=C(CN1C(=O)S/C(=C/c2cc(Br)c(OCc3ccc(Cl)cc3)c(Br)c2)C1=O)Nc1ccccc1Br. The second-order valence-electron chi connectivity index (χ2n) is 7.52. The fourth-order valence-corrected chi connectivity index (χ4v) is 6.02. The van der Waals surface area contributed by atoms with Crippen molar-refractivity contribution in [3.63, 3.8) is 0 Å². The lowest BCUT2D eigenvalue weighted by Crippen LogP contribution is -2.36. The summed E-state index contributed by atoms with van der Waals surface area (Å²) >= 11 is 17.1. The first kappa shape index (κ1) is 26.9. The second-order valence-corrected chi connectivity index (χ2v) is 11.5. The first-order valence-corrected chi connectivity index (χ1v) is 13.9. The summed E-state index contributed by atoms with van der Waals surface area (Å²) in [5.41, 5.74) is 2.19. The summed E-state index contributed by atoms with van der Waals surface area (Å²) < 4.78 is 7.97. The van der Waals surface area contributed by atoms with Crippen LogP contribution in [0.3, 0.4) is 0 Å². The Bertz CT molecular complexity index is 1360. The molecule has 0 aliphatic carbocycles. The number of nitrogens with one attached hydrogen (secondary N) is 1. The van der Waals surface area contributed by atoms with Crippen LogP contribution in [0.1, 0.15) is 11.1 Å². The Morgan fingerprint density at radius 2 is 1.67 bits per heavy atom. The molecule has 3 aromatic rings. The number of anilines is 1. The van der Waals surface area contributed by atoms with E-state index in [2.05, 4.69) is 53.1 Å². The van der Waals surface area contributed by atoms with Crippen LogP contribution in [-0.4, -0.2) is 28.5 Å². The standard InChI is InChI=1S/C25H16Br3ClN2O4S/c26-17-3-1-2-4-20(17)30-22(32)12-31-24(33)21(36-25(31)34)11-15-9-18(27)23(19(28)10-15)35-13-14-5-7-16(29)8-6-14/h1-11H,12-13H2,(H,30,32)/b21-11+. The molecule has 4 rings (SSSR count). The van der Waals surface area contributed by atoms with E-state index < -0.39 is 17.1 Å². The van der Waals surface area contributed by atoms with Crippen molar-refractivity contribution in [3.05, 3.63) is 95.1 Å². The minimum absolute atomic E-state index is 0.224. The molecule has 6 nitrogen and oxygen atoms in total. The molecule has 1 aliphatic heterocycles. The van der Waals surface area contributed by atoms with Gasteiger partial charge in [-0.3, -0.25) is 19.3 Å². The Balaban J connectivity index is 1.44. The number of hydrogen-bond acceptors (Lipinski definition) is 5. The van der Waals surface area contributed by atoms with Gasteiger partial charge in [0.1, 0.15) is 18.9 Å². The van der Waals surface area contributed by atoms with Crippen molar-refractivity contribution in [3.8, 4) is 5.75 Å². The average Bonchev–Trinajstić information content (AvgIpc) is 3.08. The Hall–Kier alpha value is -2.11. The molecule has 0 atom stereocenters. The van der Waals surface area contributed by atoms with Crippen LogP contribution >= 0.6 is 71.2 Å². The van der Waals surface area contributed by atoms with Crippen LogP contribution in [0.25, 0.3) is 6.08 Å². The lowest BCUT2D eigenvalue weighted by Gasteiger charge is -2.13. The number of ether oxygens (including phenoxy) is 1. The lowest BCUT2D eigenvalue weighted by molar-refractivity contribution is -0.127. The predicted octanol–water partition coefficient (Wildman–Crippen LogP) is 7.88. The van der Waals surface area contributed by atoms with Crippen molar-refractivity contribution in [1.82, 2.24) is 4.90 Å². The minimum Gasteiger partial charge on any atom is -0.487 e. The Kier molecular flexibility index (Phi) is 8.95. The first-order valence-electron chi connectivity index (χ1n) is 10.4. The fourth-order valence-electron chi connectivity index (χ4n) is 3.22. The van der Waals surface area contributed by atoms with Crippen LogP contribution in [0.5, 0.6) is 5.75 Å². The number of benzene rings is 3. The summed E-state index contributed by atoms with van der Waals surface area (Å²) in [6.45, 7) is -0.0393. The third-order valence-corrected chi connectivity index (χ3v) is 7.97. The minimum atomic E-state index is -0.525. The molecule has 11 heteroatoms. The normalized spacial score (nSPS) is 14.4. The number of imide groups is 1. The number of nitrogens with zero attached hydrogens (tertiary/aromatic N) is 1. The largest absolute Gasteiger partial charge is 0.487 e. The van der Waals surface area contributed by atoms with Crippen LogP contribution in [0.2, 0.25) is 5.02 Å². The van der Waals surface area contributed by atoms with E-state index in [0.717, 1.165) is 22.2 Å². The Morgan fingerprint density at radius 1 is 1.00 bits per heavy atom. The van der Waals surface area contributed by atoms with Gasteiger partial charge < -0.3 is 10.1 Å². The summed E-state index contributed by atoms with van der Waals surface area (Å²) in [4.78, 5) is 38.9. The number of para-hydroxylation sites is 1. The van der Waals surface area contributed by atoms with Crippen molar-refractivity contribution >= 4 is 100.0 Å². The average molecular weight is 716 g/mol. The summed E-state index contributed by atoms with van der Waals surface area (Å²) in [5, 5.41) is 2.84. The van der Waals surface area contributed by atoms with Crippen LogP contribution in [0, 0.1) is 0 Å². The lowest BCUT2D eigenvalue weighted by atomic mass is 10.2. The summed E-state index contributed by atoms with van der Waals surface area (Å²) in [7, 11) is 0. The highest BCUT2D eigenvalue weighted by Gasteiger charge is 2.36. The van der Waals surface area contributed by atoms with Crippen LogP contribution in [-0.2, 0) is 16.2 Å². The highest BCUT2D eigenvalue weighted by Crippen LogP contribution is 2.38.